The third-order valence-electron chi connectivity index (χ3n) is 5.81. The maximum Gasteiger partial charge on any atom is 0.573 e. The van der Waals surface area contributed by atoms with E-state index in [1.54, 1.807) is 0 Å². The van der Waals surface area contributed by atoms with Crippen molar-refractivity contribution >= 4 is 15.9 Å². The number of hydrogen-bond acceptors (Lipinski definition) is 4. The predicted molar refractivity (Wildman–Crippen MR) is 111 cm³/mol. The first kappa shape index (κ1) is 25.5. The molecule has 1 aliphatic rings. The van der Waals surface area contributed by atoms with Crippen molar-refractivity contribution in [2.75, 3.05) is 26.2 Å². The second-order valence-corrected chi connectivity index (χ2v) is 9.70. The van der Waals surface area contributed by atoms with Crippen LogP contribution in [0, 0.1) is 11.8 Å². The second-order valence-electron chi connectivity index (χ2n) is 7.76. The van der Waals surface area contributed by atoms with Crippen LogP contribution in [0.3, 0.4) is 0 Å². The van der Waals surface area contributed by atoms with Crippen molar-refractivity contribution in [2.24, 2.45) is 11.8 Å². The minimum Gasteiger partial charge on any atom is -0.406 e. The second kappa shape index (κ2) is 10.7. The minimum atomic E-state index is -4.90. The van der Waals surface area contributed by atoms with Crippen LogP contribution in [0.1, 0.15) is 46.5 Å². The predicted octanol–water partition coefficient (Wildman–Crippen LogP) is 4.27. The number of sulfonamides is 1. The molecule has 6 nitrogen and oxygen atoms in total. The van der Waals surface area contributed by atoms with Gasteiger partial charge in [-0.2, -0.15) is 4.31 Å². The molecule has 31 heavy (non-hydrogen) atoms. The normalized spacial score (nSPS) is 16.5. The van der Waals surface area contributed by atoms with E-state index < -0.39 is 22.1 Å². The zero-order valence-electron chi connectivity index (χ0n) is 18.2. The van der Waals surface area contributed by atoms with E-state index in [1.807, 2.05) is 11.8 Å². The maximum absolute atomic E-state index is 12.9. The highest BCUT2D eigenvalue weighted by Gasteiger charge is 2.35. The lowest BCUT2D eigenvalue weighted by atomic mass is 9.95. The highest BCUT2D eigenvalue weighted by Crippen LogP contribution is 2.29. The van der Waals surface area contributed by atoms with Crippen molar-refractivity contribution in [1.82, 2.24) is 9.21 Å². The Balaban J connectivity index is 2.04. The summed E-state index contributed by atoms with van der Waals surface area (Å²) in [7, 11) is -3.98. The summed E-state index contributed by atoms with van der Waals surface area (Å²) in [4.78, 5) is 14.5. The van der Waals surface area contributed by atoms with Gasteiger partial charge in [0, 0.05) is 38.2 Å². The fourth-order valence-electron chi connectivity index (χ4n) is 3.82. The van der Waals surface area contributed by atoms with Gasteiger partial charge in [0.05, 0.1) is 4.90 Å². The Morgan fingerprint density at radius 1 is 1.19 bits per heavy atom. The van der Waals surface area contributed by atoms with Crippen LogP contribution in [0.4, 0.5) is 13.2 Å². The van der Waals surface area contributed by atoms with E-state index in [0.29, 0.717) is 31.8 Å². The highest BCUT2D eigenvalue weighted by molar-refractivity contribution is 7.89. The van der Waals surface area contributed by atoms with Gasteiger partial charge in [-0.3, -0.25) is 4.79 Å². The smallest absolute Gasteiger partial charge is 0.406 e. The van der Waals surface area contributed by atoms with E-state index in [9.17, 15) is 26.4 Å². The summed E-state index contributed by atoms with van der Waals surface area (Å²) in [5, 5.41) is 0. The van der Waals surface area contributed by atoms with Gasteiger partial charge in [0.25, 0.3) is 0 Å². The van der Waals surface area contributed by atoms with Gasteiger partial charge in [0.2, 0.25) is 15.9 Å². The Labute approximate surface area is 182 Å². The topological polar surface area (TPSA) is 66.9 Å². The summed E-state index contributed by atoms with van der Waals surface area (Å²) in [6.07, 6.45) is -2.14. The molecule has 0 atom stereocenters. The standard InChI is InChI=1S/C21H31F3N2O4S/c1-4-16(5-2)15-25(6-3)20(27)17-10-12-26(13-11-17)31(28,29)19-9-7-8-18(14-19)30-21(22,23)24/h7-9,14,16-17H,4-6,10-13,15H2,1-3H3. The molecule has 1 aliphatic heterocycles. The number of carbonyl (C=O) groups excluding carboxylic acids is 1. The highest BCUT2D eigenvalue weighted by atomic mass is 32.2. The van der Waals surface area contributed by atoms with Crippen molar-refractivity contribution in [2.45, 2.75) is 57.7 Å². The van der Waals surface area contributed by atoms with E-state index >= 15 is 0 Å². The summed E-state index contributed by atoms with van der Waals surface area (Å²) >= 11 is 0. The number of nitrogens with zero attached hydrogens (tertiary/aromatic N) is 2. The summed E-state index contributed by atoms with van der Waals surface area (Å²) in [5.74, 6) is -0.345. The van der Waals surface area contributed by atoms with Crippen molar-refractivity contribution in [1.29, 1.82) is 0 Å². The molecule has 0 aliphatic carbocycles. The Kier molecular flexibility index (Phi) is 8.76. The Hall–Kier alpha value is -1.81. The van der Waals surface area contributed by atoms with Crippen LogP contribution >= 0.6 is 0 Å². The molecule has 1 heterocycles. The van der Waals surface area contributed by atoms with Gasteiger partial charge in [0.15, 0.2) is 0 Å². The molecule has 0 unspecified atom stereocenters. The van der Waals surface area contributed by atoms with Crippen LogP contribution < -0.4 is 4.74 Å². The molecule has 2 rings (SSSR count). The number of amides is 1. The summed E-state index contributed by atoms with van der Waals surface area (Å²) in [6, 6.07) is 4.37. The third-order valence-corrected chi connectivity index (χ3v) is 7.70. The molecule has 1 amide bonds. The number of halogens is 3. The zero-order valence-corrected chi connectivity index (χ0v) is 19.0. The lowest BCUT2D eigenvalue weighted by Crippen LogP contribution is -2.45. The fraction of sp³-hybridized carbons (Fsp3) is 0.667. The molecular weight excluding hydrogens is 433 g/mol. The number of piperidine rings is 1. The van der Waals surface area contributed by atoms with Crippen LogP contribution in [-0.2, 0) is 14.8 Å². The van der Waals surface area contributed by atoms with Gasteiger partial charge < -0.3 is 9.64 Å². The number of hydrogen-bond donors (Lipinski definition) is 0. The molecule has 1 aromatic rings. The molecular formula is C21H31F3N2O4S. The van der Waals surface area contributed by atoms with Crippen molar-refractivity contribution < 1.29 is 31.1 Å². The molecule has 1 aromatic carbocycles. The SMILES string of the molecule is CCC(CC)CN(CC)C(=O)C1CCN(S(=O)(=O)c2cccc(OC(F)(F)F)c2)CC1. The lowest BCUT2D eigenvalue weighted by Gasteiger charge is -2.34. The van der Waals surface area contributed by atoms with E-state index in [4.69, 9.17) is 0 Å². The van der Waals surface area contributed by atoms with E-state index in [1.165, 1.54) is 16.4 Å². The van der Waals surface area contributed by atoms with Crippen molar-refractivity contribution in [3.05, 3.63) is 24.3 Å². The molecule has 10 heteroatoms. The monoisotopic (exact) mass is 464 g/mol. The lowest BCUT2D eigenvalue weighted by molar-refractivity contribution is -0.274. The summed E-state index contributed by atoms with van der Waals surface area (Å²) in [6.45, 7) is 7.75. The molecule has 0 aromatic heterocycles. The van der Waals surface area contributed by atoms with Crippen molar-refractivity contribution in [3.63, 3.8) is 0 Å². The van der Waals surface area contributed by atoms with Crippen LogP contribution in [0.5, 0.6) is 5.75 Å². The molecule has 176 valence electrons. The largest absolute Gasteiger partial charge is 0.573 e. The van der Waals surface area contributed by atoms with Crippen LogP contribution in [0.15, 0.2) is 29.2 Å². The van der Waals surface area contributed by atoms with Gasteiger partial charge in [-0.25, -0.2) is 8.42 Å². The van der Waals surface area contributed by atoms with Gasteiger partial charge in [-0.1, -0.05) is 32.8 Å². The molecule has 0 spiro atoms. The number of alkyl halides is 3. The Morgan fingerprint density at radius 2 is 1.81 bits per heavy atom. The molecule has 1 saturated heterocycles. The van der Waals surface area contributed by atoms with E-state index in [0.717, 1.165) is 25.0 Å². The quantitative estimate of drug-likeness (QED) is 0.547. The fourth-order valence-corrected chi connectivity index (χ4v) is 5.32. The molecule has 0 radical (unpaired) electrons. The first-order valence-electron chi connectivity index (χ1n) is 10.7. The van der Waals surface area contributed by atoms with Gasteiger partial charge >= 0.3 is 6.36 Å². The van der Waals surface area contributed by atoms with E-state index in [-0.39, 0.29) is 29.8 Å². The number of benzene rings is 1. The summed E-state index contributed by atoms with van der Waals surface area (Å²) < 4.78 is 68.2. The number of ether oxygens (including phenoxy) is 1. The van der Waals surface area contributed by atoms with Crippen LogP contribution in [0.25, 0.3) is 0 Å². The number of carbonyl (C=O) groups is 1. The molecule has 1 fully saturated rings. The van der Waals surface area contributed by atoms with Crippen LogP contribution in [0.2, 0.25) is 0 Å². The molecule has 0 N–H and O–H groups in total. The first-order valence-corrected chi connectivity index (χ1v) is 12.1. The summed E-state index contributed by atoms with van der Waals surface area (Å²) in [5.41, 5.74) is 0. The zero-order chi connectivity index (χ0) is 23.2. The number of rotatable bonds is 9. The van der Waals surface area contributed by atoms with Gasteiger partial charge in [0.1, 0.15) is 5.75 Å². The van der Waals surface area contributed by atoms with Gasteiger partial charge in [-0.05, 0) is 37.8 Å². The average molecular weight is 465 g/mol. The van der Waals surface area contributed by atoms with E-state index in [2.05, 4.69) is 18.6 Å². The Morgan fingerprint density at radius 3 is 2.32 bits per heavy atom. The minimum absolute atomic E-state index is 0.0482. The van der Waals surface area contributed by atoms with Gasteiger partial charge in [-0.15, -0.1) is 13.2 Å². The molecule has 0 saturated carbocycles. The maximum atomic E-state index is 12.9. The Bertz CT molecular complexity index is 833. The average Bonchev–Trinajstić information content (AvgIpc) is 2.73. The first-order chi connectivity index (χ1) is 14.5. The third kappa shape index (κ3) is 6.83. The van der Waals surface area contributed by atoms with Crippen LogP contribution in [-0.4, -0.2) is 56.1 Å². The molecule has 0 bridgehead atoms. The van der Waals surface area contributed by atoms with Crippen molar-refractivity contribution in [3.8, 4) is 5.75 Å².